The molecule has 1 aromatic heterocycles. The summed E-state index contributed by atoms with van der Waals surface area (Å²) in [7, 11) is 0. The molecular formula is C22H23N3O3. The second kappa shape index (κ2) is 8.99. The summed E-state index contributed by atoms with van der Waals surface area (Å²) >= 11 is 0. The van der Waals surface area contributed by atoms with Gasteiger partial charge in [-0.2, -0.15) is 5.10 Å². The fourth-order valence-electron chi connectivity index (χ4n) is 2.85. The van der Waals surface area contributed by atoms with Gasteiger partial charge in [0.25, 0.3) is 5.56 Å². The summed E-state index contributed by atoms with van der Waals surface area (Å²) in [5, 5.41) is 7.24. The maximum Gasteiger partial charge on any atom is 0.267 e. The lowest BCUT2D eigenvalue weighted by Gasteiger charge is -2.15. The quantitative estimate of drug-likeness (QED) is 0.686. The van der Waals surface area contributed by atoms with Crippen LogP contribution in [-0.4, -0.2) is 22.3 Å². The van der Waals surface area contributed by atoms with Crippen molar-refractivity contribution < 1.29 is 9.53 Å². The number of hydrogen-bond acceptors (Lipinski definition) is 4. The van der Waals surface area contributed by atoms with E-state index in [9.17, 15) is 9.59 Å². The van der Waals surface area contributed by atoms with Gasteiger partial charge in [-0.1, -0.05) is 30.3 Å². The molecule has 0 aliphatic carbocycles. The summed E-state index contributed by atoms with van der Waals surface area (Å²) in [6, 6.07) is 20.0. The molecule has 0 bridgehead atoms. The van der Waals surface area contributed by atoms with Crippen LogP contribution in [0.3, 0.4) is 0 Å². The van der Waals surface area contributed by atoms with Crippen molar-refractivity contribution in [2.24, 2.45) is 0 Å². The van der Waals surface area contributed by atoms with Gasteiger partial charge < -0.3 is 10.1 Å². The second-order valence-corrected chi connectivity index (χ2v) is 6.37. The molecule has 3 aromatic rings. The van der Waals surface area contributed by atoms with Crippen molar-refractivity contribution in [3.63, 3.8) is 0 Å². The third-order valence-corrected chi connectivity index (χ3v) is 4.30. The van der Waals surface area contributed by atoms with E-state index >= 15 is 0 Å². The Labute approximate surface area is 163 Å². The fraction of sp³-hybridized carbons (Fsp3) is 0.227. The second-order valence-electron chi connectivity index (χ2n) is 6.37. The minimum atomic E-state index is -0.322. The van der Waals surface area contributed by atoms with Crippen molar-refractivity contribution in [1.82, 2.24) is 15.1 Å². The molecule has 1 heterocycles. The number of benzene rings is 2. The van der Waals surface area contributed by atoms with Gasteiger partial charge in [-0.3, -0.25) is 9.59 Å². The zero-order chi connectivity index (χ0) is 19.9. The molecule has 0 fully saturated rings. The van der Waals surface area contributed by atoms with E-state index in [2.05, 4.69) is 10.4 Å². The molecule has 6 heteroatoms. The number of carbonyl (C=O) groups excluding carboxylic acids is 1. The molecule has 0 aliphatic heterocycles. The van der Waals surface area contributed by atoms with Gasteiger partial charge in [0.1, 0.15) is 12.3 Å². The van der Waals surface area contributed by atoms with Crippen molar-refractivity contribution in [3.8, 4) is 17.0 Å². The van der Waals surface area contributed by atoms with Crippen molar-refractivity contribution in [1.29, 1.82) is 0 Å². The SMILES string of the molecule is CCOc1ccc(-c2ccc(=O)n(CC(=O)NC(C)c3ccccc3)n2)cc1. The van der Waals surface area contributed by atoms with Gasteiger partial charge in [-0.25, -0.2) is 4.68 Å². The first kappa shape index (κ1) is 19.4. The molecule has 1 amide bonds. The Kier molecular flexibility index (Phi) is 6.22. The van der Waals surface area contributed by atoms with Crippen LogP contribution in [-0.2, 0) is 11.3 Å². The van der Waals surface area contributed by atoms with Gasteiger partial charge in [0.2, 0.25) is 5.91 Å². The number of amides is 1. The van der Waals surface area contributed by atoms with Crippen LogP contribution in [0.5, 0.6) is 5.75 Å². The molecule has 28 heavy (non-hydrogen) atoms. The first-order valence-electron chi connectivity index (χ1n) is 9.22. The molecular weight excluding hydrogens is 354 g/mol. The molecule has 3 rings (SSSR count). The lowest BCUT2D eigenvalue weighted by molar-refractivity contribution is -0.122. The van der Waals surface area contributed by atoms with Crippen LogP contribution < -0.4 is 15.6 Å². The Morgan fingerprint density at radius 1 is 1.07 bits per heavy atom. The predicted molar refractivity (Wildman–Crippen MR) is 108 cm³/mol. The normalized spacial score (nSPS) is 11.6. The number of hydrogen-bond donors (Lipinski definition) is 1. The van der Waals surface area contributed by atoms with Gasteiger partial charge in [0, 0.05) is 11.6 Å². The molecule has 1 unspecified atom stereocenters. The standard InChI is InChI=1S/C22H23N3O3/c1-3-28-19-11-9-18(10-12-19)20-13-14-22(27)25(24-20)15-21(26)23-16(2)17-7-5-4-6-8-17/h4-14,16H,3,15H2,1-2H3,(H,23,26). The molecule has 1 N–H and O–H groups in total. The van der Waals surface area contributed by atoms with Gasteiger partial charge in [0.05, 0.1) is 18.3 Å². The highest BCUT2D eigenvalue weighted by Crippen LogP contribution is 2.20. The largest absolute Gasteiger partial charge is 0.494 e. The lowest BCUT2D eigenvalue weighted by atomic mass is 10.1. The Morgan fingerprint density at radius 2 is 1.79 bits per heavy atom. The average Bonchev–Trinajstić information content (AvgIpc) is 2.71. The van der Waals surface area contributed by atoms with Gasteiger partial charge >= 0.3 is 0 Å². The number of carbonyl (C=O) groups is 1. The van der Waals surface area contributed by atoms with E-state index < -0.39 is 0 Å². The monoisotopic (exact) mass is 377 g/mol. The summed E-state index contributed by atoms with van der Waals surface area (Å²) in [4.78, 5) is 24.5. The van der Waals surface area contributed by atoms with Crippen molar-refractivity contribution in [2.75, 3.05) is 6.61 Å². The number of aromatic nitrogens is 2. The van der Waals surface area contributed by atoms with Crippen molar-refractivity contribution in [3.05, 3.63) is 82.6 Å². The lowest BCUT2D eigenvalue weighted by Crippen LogP contribution is -2.34. The highest BCUT2D eigenvalue weighted by molar-refractivity contribution is 5.76. The van der Waals surface area contributed by atoms with E-state index in [1.54, 1.807) is 6.07 Å². The van der Waals surface area contributed by atoms with Crippen LogP contribution in [0.2, 0.25) is 0 Å². The van der Waals surface area contributed by atoms with Crippen LogP contribution in [0.1, 0.15) is 25.5 Å². The van der Waals surface area contributed by atoms with E-state index in [0.29, 0.717) is 12.3 Å². The predicted octanol–water partition coefficient (Wildman–Crippen LogP) is 3.19. The zero-order valence-corrected chi connectivity index (χ0v) is 16.0. The van der Waals surface area contributed by atoms with E-state index in [1.807, 2.05) is 68.4 Å². The third kappa shape index (κ3) is 4.85. The highest BCUT2D eigenvalue weighted by Gasteiger charge is 2.12. The summed E-state index contributed by atoms with van der Waals surface area (Å²) in [6.45, 7) is 4.29. The van der Waals surface area contributed by atoms with E-state index in [0.717, 1.165) is 16.9 Å². The summed E-state index contributed by atoms with van der Waals surface area (Å²) in [5.41, 5.74) is 2.14. The van der Waals surface area contributed by atoms with E-state index in [4.69, 9.17) is 4.74 Å². The molecule has 144 valence electrons. The minimum absolute atomic E-state index is 0.138. The fourth-order valence-corrected chi connectivity index (χ4v) is 2.85. The molecule has 1 atom stereocenters. The Morgan fingerprint density at radius 3 is 2.46 bits per heavy atom. The molecule has 6 nitrogen and oxygen atoms in total. The highest BCUT2D eigenvalue weighted by atomic mass is 16.5. The summed E-state index contributed by atoms with van der Waals surface area (Å²) in [5.74, 6) is 0.503. The maximum absolute atomic E-state index is 12.4. The Balaban J connectivity index is 1.72. The Hall–Kier alpha value is -3.41. The summed E-state index contributed by atoms with van der Waals surface area (Å²) < 4.78 is 6.62. The van der Waals surface area contributed by atoms with Gasteiger partial charge in [-0.15, -0.1) is 0 Å². The van der Waals surface area contributed by atoms with Crippen LogP contribution in [0, 0.1) is 0 Å². The molecule has 0 saturated heterocycles. The number of nitrogens with one attached hydrogen (secondary N) is 1. The van der Waals surface area contributed by atoms with Crippen LogP contribution in [0.4, 0.5) is 0 Å². The zero-order valence-electron chi connectivity index (χ0n) is 16.0. The number of nitrogens with zero attached hydrogens (tertiary/aromatic N) is 2. The first-order chi connectivity index (χ1) is 13.6. The third-order valence-electron chi connectivity index (χ3n) is 4.30. The van der Waals surface area contributed by atoms with Gasteiger partial charge in [-0.05, 0) is 49.7 Å². The first-order valence-corrected chi connectivity index (χ1v) is 9.22. The molecule has 0 spiro atoms. The molecule has 0 aliphatic rings. The topological polar surface area (TPSA) is 73.2 Å². The van der Waals surface area contributed by atoms with Crippen LogP contribution in [0.25, 0.3) is 11.3 Å². The number of ether oxygens (including phenoxy) is 1. The van der Waals surface area contributed by atoms with Crippen molar-refractivity contribution in [2.45, 2.75) is 26.4 Å². The molecule has 0 saturated carbocycles. The maximum atomic E-state index is 12.4. The van der Waals surface area contributed by atoms with E-state index in [1.165, 1.54) is 10.7 Å². The number of rotatable bonds is 7. The van der Waals surface area contributed by atoms with Gasteiger partial charge in [0.15, 0.2) is 0 Å². The van der Waals surface area contributed by atoms with Crippen LogP contribution >= 0.6 is 0 Å². The molecule has 2 aromatic carbocycles. The van der Waals surface area contributed by atoms with Crippen molar-refractivity contribution >= 4 is 5.91 Å². The summed E-state index contributed by atoms with van der Waals surface area (Å²) in [6.07, 6.45) is 0. The van der Waals surface area contributed by atoms with E-state index in [-0.39, 0.29) is 24.1 Å². The molecule has 0 radical (unpaired) electrons. The average molecular weight is 377 g/mol. The minimum Gasteiger partial charge on any atom is -0.494 e. The Bertz CT molecular complexity index is 982. The van der Waals surface area contributed by atoms with Crippen LogP contribution in [0.15, 0.2) is 71.5 Å². The smallest absolute Gasteiger partial charge is 0.267 e.